The summed E-state index contributed by atoms with van der Waals surface area (Å²) in [6.07, 6.45) is 9.75. The fraction of sp³-hybridized carbons (Fsp3) is 0.947. The molecule has 0 spiro atoms. The van der Waals surface area contributed by atoms with Gasteiger partial charge in [0.25, 0.3) is 0 Å². The Labute approximate surface area is 125 Å². The van der Waals surface area contributed by atoms with Crippen LogP contribution in [0.1, 0.15) is 86.0 Å². The molecule has 4 unspecified atom stereocenters. The largest absolute Gasteiger partial charge is 0.299 e. The zero-order valence-electron chi connectivity index (χ0n) is 14.3. The van der Waals surface area contributed by atoms with Crippen molar-refractivity contribution in [2.45, 2.75) is 86.0 Å². The molecular weight excluding hydrogens is 244 g/mol. The van der Waals surface area contributed by atoms with Gasteiger partial charge in [0, 0.05) is 12.3 Å². The van der Waals surface area contributed by atoms with Gasteiger partial charge in [-0.1, -0.05) is 47.5 Å². The summed E-state index contributed by atoms with van der Waals surface area (Å²) in [6.45, 7) is 11.9. The number of rotatable bonds is 4. The lowest BCUT2D eigenvalue weighted by Crippen LogP contribution is -2.39. The van der Waals surface area contributed by atoms with Crippen molar-refractivity contribution in [3.05, 3.63) is 0 Å². The van der Waals surface area contributed by atoms with E-state index >= 15 is 0 Å². The van der Waals surface area contributed by atoms with Gasteiger partial charge in [0.1, 0.15) is 5.78 Å². The third-order valence-corrected chi connectivity index (χ3v) is 6.21. The van der Waals surface area contributed by atoms with E-state index in [9.17, 15) is 4.79 Å². The molecule has 2 fully saturated rings. The maximum atomic E-state index is 12.2. The molecule has 116 valence electrons. The molecule has 0 aromatic rings. The van der Waals surface area contributed by atoms with Gasteiger partial charge in [-0.05, 0) is 54.8 Å². The molecule has 0 N–H and O–H groups in total. The molecule has 0 heterocycles. The molecule has 2 rings (SSSR count). The van der Waals surface area contributed by atoms with E-state index in [0.29, 0.717) is 22.5 Å². The van der Waals surface area contributed by atoms with Gasteiger partial charge in [0.2, 0.25) is 0 Å². The van der Waals surface area contributed by atoms with Crippen molar-refractivity contribution in [1.82, 2.24) is 0 Å². The highest BCUT2D eigenvalue weighted by Crippen LogP contribution is 2.57. The fourth-order valence-corrected chi connectivity index (χ4v) is 5.06. The molecule has 0 radical (unpaired) electrons. The lowest BCUT2D eigenvalue weighted by molar-refractivity contribution is -0.130. The molecule has 0 aromatic heterocycles. The van der Waals surface area contributed by atoms with Gasteiger partial charge < -0.3 is 0 Å². The first-order valence-electron chi connectivity index (χ1n) is 8.77. The SMILES string of the molecule is CC(CCCC(C)(C)C)C1CCC2C(=O)CCCC21C. The summed E-state index contributed by atoms with van der Waals surface area (Å²) in [5.74, 6) is 2.55. The highest BCUT2D eigenvalue weighted by molar-refractivity contribution is 5.83. The number of hydrogen-bond donors (Lipinski definition) is 0. The van der Waals surface area contributed by atoms with Crippen molar-refractivity contribution in [2.75, 3.05) is 0 Å². The van der Waals surface area contributed by atoms with Crippen molar-refractivity contribution < 1.29 is 4.79 Å². The first-order chi connectivity index (χ1) is 9.24. The van der Waals surface area contributed by atoms with Crippen molar-refractivity contribution in [2.24, 2.45) is 28.6 Å². The van der Waals surface area contributed by atoms with Crippen LogP contribution in [0.25, 0.3) is 0 Å². The molecule has 2 aliphatic carbocycles. The fourth-order valence-electron chi connectivity index (χ4n) is 5.06. The van der Waals surface area contributed by atoms with E-state index in [2.05, 4.69) is 34.6 Å². The Hall–Kier alpha value is -0.330. The number of carbonyl (C=O) groups is 1. The maximum Gasteiger partial charge on any atom is 0.136 e. The third-order valence-electron chi connectivity index (χ3n) is 6.21. The smallest absolute Gasteiger partial charge is 0.136 e. The van der Waals surface area contributed by atoms with Crippen LogP contribution >= 0.6 is 0 Å². The van der Waals surface area contributed by atoms with Gasteiger partial charge in [0.05, 0.1) is 0 Å². The second-order valence-corrected chi connectivity index (χ2v) is 8.99. The molecule has 0 saturated heterocycles. The zero-order valence-corrected chi connectivity index (χ0v) is 14.3. The molecule has 4 atom stereocenters. The van der Waals surface area contributed by atoms with Crippen LogP contribution in [0.3, 0.4) is 0 Å². The summed E-state index contributed by atoms with van der Waals surface area (Å²) < 4.78 is 0. The van der Waals surface area contributed by atoms with Crippen LogP contribution < -0.4 is 0 Å². The monoisotopic (exact) mass is 278 g/mol. The Morgan fingerprint density at radius 3 is 2.65 bits per heavy atom. The average molecular weight is 278 g/mol. The van der Waals surface area contributed by atoms with Gasteiger partial charge in [-0.2, -0.15) is 0 Å². The van der Waals surface area contributed by atoms with Crippen LogP contribution in [0.2, 0.25) is 0 Å². The minimum absolute atomic E-state index is 0.330. The van der Waals surface area contributed by atoms with E-state index in [1.54, 1.807) is 0 Å². The summed E-state index contributed by atoms with van der Waals surface area (Å²) in [5.41, 5.74) is 0.791. The van der Waals surface area contributed by atoms with Gasteiger partial charge >= 0.3 is 0 Å². The van der Waals surface area contributed by atoms with E-state index < -0.39 is 0 Å². The minimum Gasteiger partial charge on any atom is -0.299 e. The third kappa shape index (κ3) is 3.28. The van der Waals surface area contributed by atoms with E-state index in [4.69, 9.17) is 0 Å². The first-order valence-corrected chi connectivity index (χ1v) is 8.77. The summed E-state index contributed by atoms with van der Waals surface area (Å²) in [5, 5.41) is 0. The summed E-state index contributed by atoms with van der Waals surface area (Å²) in [4.78, 5) is 12.2. The van der Waals surface area contributed by atoms with Crippen LogP contribution in [-0.2, 0) is 4.79 Å². The highest BCUT2D eigenvalue weighted by atomic mass is 16.1. The Kier molecular flexibility index (Phi) is 4.66. The summed E-state index contributed by atoms with van der Waals surface area (Å²) >= 11 is 0. The predicted octanol–water partition coefficient (Wildman–Crippen LogP) is 5.62. The van der Waals surface area contributed by atoms with E-state index in [0.717, 1.165) is 24.7 Å². The first kappa shape index (κ1) is 16.0. The Morgan fingerprint density at radius 2 is 2.00 bits per heavy atom. The zero-order chi connectivity index (χ0) is 15.0. The predicted molar refractivity (Wildman–Crippen MR) is 85.6 cm³/mol. The standard InChI is InChI=1S/C19H34O/c1-14(8-6-12-18(2,3)4)15-10-11-16-17(20)9-7-13-19(15,16)5/h14-16H,6-13H2,1-5H3. The molecule has 2 aliphatic rings. The van der Waals surface area contributed by atoms with Gasteiger partial charge in [-0.25, -0.2) is 0 Å². The van der Waals surface area contributed by atoms with Gasteiger partial charge in [0.15, 0.2) is 0 Å². The molecule has 0 aliphatic heterocycles. The van der Waals surface area contributed by atoms with Gasteiger partial charge in [-0.3, -0.25) is 4.79 Å². The molecule has 0 aromatic carbocycles. The number of fused-ring (bicyclic) bond motifs is 1. The van der Waals surface area contributed by atoms with Crippen molar-refractivity contribution in [3.63, 3.8) is 0 Å². The Bertz CT molecular complexity index is 351. The van der Waals surface area contributed by atoms with Crippen LogP contribution in [-0.4, -0.2) is 5.78 Å². The Morgan fingerprint density at radius 1 is 1.30 bits per heavy atom. The molecule has 0 amide bonds. The second kappa shape index (κ2) is 5.81. The lowest BCUT2D eigenvalue weighted by atomic mass is 9.62. The van der Waals surface area contributed by atoms with Crippen LogP contribution in [0.4, 0.5) is 0 Å². The number of hydrogen-bond acceptors (Lipinski definition) is 1. The minimum atomic E-state index is 0.330. The molecular formula is C19H34O. The normalized spacial score (nSPS) is 36.0. The maximum absolute atomic E-state index is 12.2. The van der Waals surface area contributed by atoms with Crippen molar-refractivity contribution in [3.8, 4) is 0 Å². The van der Waals surface area contributed by atoms with Crippen LogP contribution in [0.5, 0.6) is 0 Å². The summed E-state index contributed by atoms with van der Waals surface area (Å²) in [6, 6.07) is 0. The van der Waals surface area contributed by atoms with Crippen LogP contribution in [0.15, 0.2) is 0 Å². The summed E-state index contributed by atoms with van der Waals surface area (Å²) in [7, 11) is 0. The van der Waals surface area contributed by atoms with E-state index in [1.165, 1.54) is 38.5 Å². The average Bonchev–Trinajstić information content (AvgIpc) is 2.66. The number of ketones is 1. The van der Waals surface area contributed by atoms with Crippen LogP contribution in [0, 0.1) is 28.6 Å². The molecule has 1 nitrogen and oxygen atoms in total. The lowest BCUT2D eigenvalue weighted by Gasteiger charge is -2.42. The van der Waals surface area contributed by atoms with E-state index in [1.807, 2.05) is 0 Å². The quantitative estimate of drug-likeness (QED) is 0.652. The van der Waals surface area contributed by atoms with Gasteiger partial charge in [-0.15, -0.1) is 0 Å². The van der Waals surface area contributed by atoms with Crippen molar-refractivity contribution >= 4 is 5.78 Å². The molecule has 20 heavy (non-hydrogen) atoms. The molecule has 1 heteroatoms. The van der Waals surface area contributed by atoms with E-state index in [-0.39, 0.29) is 0 Å². The number of Topliss-reactive ketones (excluding diaryl/α,β-unsaturated/α-hetero) is 1. The molecule has 0 bridgehead atoms. The topological polar surface area (TPSA) is 17.1 Å². The molecule has 2 saturated carbocycles. The second-order valence-electron chi connectivity index (χ2n) is 8.99. The highest BCUT2D eigenvalue weighted by Gasteiger charge is 2.52. The Balaban J connectivity index is 1.93. The number of carbonyl (C=O) groups excluding carboxylic acids is 1. The van der Waals surface area contributed by atoms with Crippen molar-refractivity contribution in [1.29, 1.82) is 0 Å².